The van der Waals surface area contributed by atoms with Crippen LogP contribution < -0.4 is 5.32 Å². The van der Waals surface area contributed by atoms with Gasteiger partial charge in [0.2, 0.25) is 0 Å². The number of hydrogen-bond donors (Lipinski definition) is 1. The molecule has 0 bridgehead atoms. The molecule has 3 nitrogen and oxygen atoms in total. The monoisotopic (exact) mass is 249 g/mol. The Hall–Kier alpha value is -1.35. The summed E-state index contributed by atoms with van der Waals surface area (Å²) >= 11 is 0. The normalized spacial score (nSPS) is 15.8. The molecule has 0 aliphatic carbocycles. The lowest BCUT2D eigenvalue weighted by Crippen LogP contribution is -2.38. The Labute approximate surface area is 110 Å². The summed E-state index contributed by atoms with van der Waals surface area (Å²) in [5, 5.41) is 3.43. The Kier molecular flexibility index (Phi) is 5.86. The zero-order valence-electron chi connectivity index (χ0n) is 11.6. The Morgan fingerprint density at radius 1 is 1.22 bits per heavy atom. The van der Waals surface area contributed by atoms with Crippen LogP contribution in [0, 0.1) is 5.92 Å². The number of ether oxygens (including phenoxy) is 1. The number of carbonyl (C=O) groups is 1. The van der Waals surface area contributed by atoms with Gasteiger partial charge in [0.15, 0.2) is 0 Å². The fourth-order valence-electron chi connectivity index (χ4n) is 1.85. The molecule has 18 heavy (non-hydrogen) atoms. The van der Waals surface area contributed by atoms with Crippen LogP contribution in [0.1, 0.15) is 39.3 Å². The van der Waals surface area contributed by atoms with E-state index in [2.05, 4.69) is 24.4 Å². The van der Waals surface area contributed by atoms with Gasteiger partial charge in [0.25, 0.3) is 0 Å². The maximum atomic E-state index is 11.6. The van der Waals surface area contributed by atoms with E-state index in [9.17, 15) is 4.79 Å². The van der Waals surface area contributed by atoms with Gasteiger partial charge < -0.3 is 10.1 Å². The summed E-state index contributed by atoms with van der Waals surface area (Å²) in [4.78, 5) is 11.6. The zero-order chi connectivity index (χ0) is 13.5. The van der Waals surface area contributed by atoms with Crippen LogP contribution in [0.25, 0.3) is 0 Å². The molecule has 1 aromatic rings. The summed E-state index contributed by atoms with van der Waals surface area (Å²) < 4.78 is 5.03. The molecule has 0 aliphatic rings. The van der Waals surface area contributed by atoms with E-state index in [0.29, 0.717) is 6.61 Å². The van der Waals surface area contributed by atoms with Crippen LogP contribution in [-0.4, -0.2) is 18.6 Å². The standard InChI is InChI=1S/C15H23NO2/c1-5-18-15(17)11(2)12(3)16-13(4)14-9-7-6-8-10-14/h6-13,16H,5H2,1-4H3/t11-,12-,13-/m1/s1. The molecule has 0 saturated carbocycles. The van der Waals surface area contributed by atoms with Crippen molar-refractivity contribution in [3.05, 3.63) is 35.9 Å². The highest BCUT2D eigenvalue weighted by Crippen LogP contribution is 2.15. The van der Waals surface area contributed by atoms with Crippen molar-refractivity contribution in [1.29, 1.82) is 0 Å². The molecule has 0 heterocycles. The fraction of sp³-hybridized carbons (Fsp3) is 0.533. The fourth-order valence-corrected chi connectivity index (χ4v) is 1.85. The zero-order valence-corrected chi connectivity index (χ0v) is 11.6. The first kappa shape index (κ1) is 14.7. The molecule has 0 spiro atoms. The molecule has 1 N–H and O–H groups in total. The topological polar surface area (TPSA) is 38.3 Å². The molecule has 100 valence electrons. The summed E-state index contributed by atoms with van der Waals surface area (Å²) in [6.07, 6.45) is 0. The van der Waals surface area contributed by atoms with Gasteiger partial charge in [0.1, 0.15) is 0 Å². The van der Waals surface area contributed by atoms with Crippen molar-refractivity contribution in [2.75, 3.05) is 6.61 Å². The number of rotatable bonds is 6. The number of nitrogens with one attached hydrogen (secondary N) is 1. The first-order valence-electron chi connectivity index (χ1n) is 6.53. The average Bonchev–Trinajstić information content (AvgIpc) is 2.39. The highest BCUT2D eigenvalue weighted by atomic mass is 16.5. The third-order valence-corrected chi connectivity index (χ3v) is 3.22. The first-order valence-corrected chi connectivity index (χ1v) is 6.53. The van der Waals surface area contributed by atoms with Crippen molar-refractivity contribution in [3.8, 4) is 0 Å². The minimum atomic E-state index is -0.142. The van der Waals surface area contributed by atoms with E-state index in [0.717, 1.165) is 0 Å². The lowest BCUT2D eigenvalue weighted by molar-refractivity contribution is -0.148. The van der Waals surface area contributed by atoms with Crippen molar-refractivity contribution < 1.29 is 9.53 Å². The first-order chi connectivity index (χ1) is 8.56. The van der Waals surface area contributed by atoms with Gasteiger partial charge in [-0.25, -0.2) is 0 Å². The van der Waals surface area contributed by atoms with E-state index in [1.807, 2.05) is 39.0 Å². The van der Waals surface area contributed by atoms with Crippen molar-refractivity contribution in [2.24, 2.45) is 5.92 Å². The summed E-state index contributed by atoms with van der Waals surface area (Å²) in [6.45, 7) is 8.28. The number of benzene rings is 1. The van der Waals surface area contributed by atoms with E-state index in [-0.39, 0.29) is 24.0 Å². The molecule has 0 unspecified atom stereocenters. The largest absolute Gasteiger partial charge is 0.466 e. The van der Waals surface area contributed by atoms with Crippen molar-refractivity contribution >= 4 is 5.97 Å². The van der Waals surface area contributed by atoms with E-state index < -0.39 is 0 Å². The Balaban J connectivity index is 2.54. The Morgan fingerprint density at radius 2 is 1.83 bits per heavy atom. The molecular weight excluding hydrogens is 226 g/mol. The quantitative estimate of drug-likeness (QED) is 0.788. The van der Waals surface area contributed by atoms with Crippen LogP contribution in [0.5, 0.6) is 0 Å². The highest BCUT2D eigenvalue weighted by molar-refractivity contribution is 5.72. The summed E-state index contributed by atoms with van der Waals surface area (Å²) in [7, 11) is 0. The second-order valence-electron chi connectivity index (χ2n) is 4.63. The van der Waals surface area contributed by atoms with Gasteiger partial charge in [-0.1, -0.05) is 37.3 Å². The number of hydrogen-bond acceptors (Lipinski definition) is 3. The van der Waals surface area contributed by atoms with Crippen LogP contribution in [0.2, 0.25) is 0 Å². The predicted molar refractivity (Wildman–Crippen MR) is 73.3 cm³/mol. The highest BCUT2D eigenvalue weighted by Gasteiger charge is 2.22. The molecule has 0 aromatic heterocycles. The maximum absolute atomic E-state index is 11.6. The summed E-state index contributed by atoms with van der Waals surface area (Å²) in [5.74, 6) is -0.283. The van der Waals surface area contributed by atoms with Crippen LogP contribution in [-0.2, 0) is 9.53 Å². The maximum Gasteiger partial charge on any atom is 0.310 e. The van der Waals surface area contributed by atoms with E-state index in [1.165, 1.54) is 5.56 Å². The van der Waals surface area contributed by atoms with Crippen LogP contribution in [0.15, 0.2) is 30.3 Å². The number of esters is 1. The van der Waals surface area contributed by atoms with Gasteiger partial charge in [-0.05, 0) is 26.3 Å². The number of carbonyl (C=O) groups excluding carboxylic acids is 1. The second kappa shape index (κ2) is 7.17. The molecule has 0 saturated heterocycles. The molecule has 0 radical (unpaired) electrons. The van der Waals surface area contributed by atoms with Crippen molar-refractivity contribution in [3.63, 3.8) is 0 Å². The van der Waals surface area contributed by atoms with Crippen molar-refractivity contribution in [2.45, 2.75) is 39.8 Å². The van der Waals surface area contributed by atoms with Gasteiger partial charge >= 0.3 is 5.97 Å². The average molecular weight is 249 g/mol. The van der Waals surface area contributed by atoms with Gasteiger partial charge in [-0.2, -0.15) is 0 Å². The summed E-state index contributed by atoms with van der Waals surface area (Å²) in [6, 6.07) is 10.5. The van der Waals surface area contributed by atoms with Gasteiger partial charge in [0.05, 0.1) is 12.5 Å². The van der Waals surface area contributed by atoms with E-state index >= 15 is 0 Å². The minimum Gasteiger partial charge on any atom is -0.466 e. The Bertz CT molecular complexity index is 364. The molecule has 0 aliphatic heterocycles. The lowest BCUT2D eigenvalue weighted by Gasteiger charge is -2.24. The SMILES string of the molecule is CCOC(=O)[C@H](C)[C@@H](C)N[C@H](C)c1ccccc1. The van der Waals surface area contributed by atoms with Gasteiger partial charge in [-0.3, -0.25) is 4.79 Å². The third-order valence-electron chi connectivity index (χ3n) is 3.22. The van der Waals surface area contributed by atoms with Crippen LogP contribution in [0.4, 0.5) is 0 Å². The van der Waals surface area contributed by atoms with Crippen molar-refractivity contribution in [1.82, 2.24) is 5.32 Å². The lowest BCUT2D eigenvalue weighted by atomic mass is 10.0. The van der Waals surface area contributed by atoms with Gasteiger partial charge in [0, 0.05) is 12.1 Å². The van der Waals surface area contributed by atoms with Crippen LogP contribution >= 0.6 is 0 Å². The molecule has 3 atom stereocenters. The molecule has 1 aromatic carbocycles. The molecule has 0 fully saturated rings. The van der Waals surface area contributed by atoms with E-state index in [4.69, 9.17) is 4.74 Å². The molecule has 0 amide bonds. The second-order valence-corrected chi connectivity index (χ2v) is 4.63. The molecule has 3 heteroatoms. The van der Waals surface area contributed by atoms with Crippen LogP contribution in [0.3, 0.4) is 0 Å². The molecular formula is C15H23NO2. The molecule has 1 rings (SSSR count). The smallest absolute Gasteiger partial charge is 0.310 e. The third kappa shape index (κ3) is 4.15. The van der Waals surface area contributed by atoms with E-state index in [1.54, 1.807) is 0 Å². The minimum absolute atomic E-state index is 0.0826. The van der Waals surface area contributed by atoms with Gasteiger partial charge in [-0.15, -0.1) is 0 Å². The predicted octanol–water partition coefficient (Wildman–Crippen LogP) is 2.92. The summed E-state index contributed by atoms with van der Waals surface area (Å²) in [5.41, 5.74) is 1.22. The Morgan fingerprint density at radius 3 is 2.39 bits per heavy atom.